The molecule has 4 nitrogen and oxygen atoms in total. The molecule has 21 heavy (non-hydrogen) atoms. The average molecular weight is 296 g/mol. The van der Waals surface area contributed by atoms with Crippen LogP contribution in [0.1, 0.15) is 51.4 Å². The molecule has 2 N–H and O–H groups in total. The van der Waals surface area contributed by atoms with E-state index in [1.54, 1.807) is 0 Å². The zero-order valence-electron chi connectivity index (χ0n) is 13.5. The average Bonchev–Trinajstić information content (AvgIpc) is 3.04. The van der Waals surface area contributed by atoms with Crippen molar-refractivity contribution in [2.75, 3.05) is 33.4 Å². The first-order chi connectivity index (χ1) is 10.3. The third-order valence-corrected chi connectivity index (χ3v) is 5.87. The first kappa shape index (κ1) is 15.7. The van der Waals surface area contributed by atoms with Crippen LogP contribution >= 0.6 is 0 Å². The Bertz CT molecular complexity index is 312. The molecule has 2 heterocycles. The number of methoxy groups -OCH3 is 1. The normalized spacial score (nSPS) is 41.3. The molecule has 0 bridgehead atoms. The van der Waals surface area contributed by atoms with Crippen molar-refractivity contribution >= 4 is 0 Å². The van der Waals surface area contributed by atoms with Gasteiger partial charge in [0.25, 0.3) is 0 Å². The van der Waals surface area contributed by atoms with Crippen LogP contribution in [-0.4, -0.2) is 51.1 Å². The van der Waals surface area contributed by atoms with Gasteiger partial charge in [-0.05, 0) is 38.1 Å². The number of piperidine rings is 1. The maximum absolute atomic E-state index is 5.77. The Morgan fingerprint density at radius 2 is 2.05 bits per heavy atom. The summed E-state index contributed by atoms with van der Waals surface area (Å²) in [4.78, 5) is 0. The minimum Gasteiger partial charge on any atom is -0.378 e. The fourth-order valence-corrected chi connectivity index (χ4v) is 4.42. The van der Waals surface area contributed by atoms with Crippen molar-refractivity contribution < 1.29 is 9.47 Å². The number of ether oxygens (including phenoxy) is 2. The van der Waals surface area contributed by atoms with Crippen LogP contribution in [0.15, 0.2) is 0 Å². The van der Waals surface area contributed by atoms with Gasteiger partial charge in [0.2, 0.25) is 0 Å². The maximum atomic E-state index is 5.77. The standard InChI is InChI=1S/C17H32N2O2/c1-20-17(9-11-21-13-17)12-19-16-7-3-2-6-14(16)15-8-4-5-10-18-15/h14-16,18-19H,2-13H2,1H3. The van der Waals surface area contributed by atoms with Gasteiger partial charge in [-0.2, -0.15) is 0 Å². The van der Waals surface area contributed by atoms with Crippen molar-refractivity contribution in [3.63, 3.8) is 0 Å². The number of rotatable bonds is 5. The van der Waals surface area contributed by atoms with Gasteiger partial charge in [0, 0.05) is 38.8 Å². The lowest BCUT2D eigenvalue weighted by molar-refractivity contribution is -0.0204. The molecule has 4 heteroatoms. The second kappa shape index (κ2) is 7.40. The van der Waals surface area contributed by atoms with Gasteiger partial charge in [-0.1, -0.05) is 19.3 Å². The van der Waals surface area contributed by atoms with E-state index in [1.165, 1.54) is 51.5 Å². The highest BCUT2D eigenvalue weighted by atomic mass is 16.5. The molecule has 4 unspecified atom stereocenters. The zero-order valence-corrected chi connectivity index (χ0v) is 13.5. The van der Waals surface area contributed by atoms with Crippen LogP contribution in [0.5, 0.6) is 0 Å². The molecule has 122 valence electrons. The summed E-state index contributed by atoms with van der Waals surface area (Å²) < 4.78 is 11.3. The van der Waals surface area contributed by atoms with E-state index in [-0.39, 0.29) is 5.60 Å². The predicted molar refractivity (Wildman–Crippen MR) is 84.6 cm³/mol. The van der Waals surface area contributed by atoms with Crippen LogP contribution in [-0.2, 0) is 9.47 Å². The van der Waals surface area contributed by atoms with Crippen LogP contribution in [0.2, 0.25) is 0 Å². The van der Waals surface area contributed by atoms with E-state index >= 15 is 0 Å². The second-order valence-corrected chi connectivity index (χ2v) is 7.18. The van der Waals surface area contributed by atoms with Gasteiger partial charge in [0.05, 0.1) is 6.61 Å². The molecule has 0 spiro atoms. The van der Waals surface area contributed by atoms with Gasteiger partial charge in [0.15, 0.2) is 0 Å². The molecular weight excluding hydrogens is 264 g/mol. The second-order valence-electron chi connectivity index (χ2n) is 7.18. The molecule has 1 saturated carbocycles. The summed E-state index contributed by atoms with van der Waals surface area (Å²) in [5.74, 6) is 0.801. The van der Waals surface area contributed by atoms with Crippen LogP contribution in [0.25, 0.3) is 0 Å². The summed E-state index contributed by atoms with van der Waals surface area (Å²) in [7, 11) is 1.83. The third kappa shape index (κ3) is 3.79. The summed E-state index contributed by atoms with van der Waals surface area (Å²) >= 11 is 0. The van der Waals surface area contributed by atoms with E-state index in [0.29, 0.717) is 6.04 Å². The Morgan fingerprint density at radius 3 is 2.76 bits per heavy atom. The molecule has 1 aliphatic carbocycles. The number of hydrogen-bond donors (Lipinski definition) is 2. The highest BCUT2D eigenvalue weighted by molar-refractivity contribution is 4.94. The Labute approximate surface area is 129 Å². The molecule has 0 aromatic rings. The lowest BCUT2D eigenvalue weighted by atomic mass is 9.77. The molecule has 2 aliphatic heterocycles. The van der Waals surface area contributed by atoms with Crippen molar-refractivity contribution in [1.29, 1.82) is 0 Å². The minimum absolute atomic E-state index is 0.0814. The molecular formula is C17H32N2O2. The first-order valence-corrected chi connectivity index (χ1v) is 8.93. The molecule has 4 atom stereocenters. The Kier molecular flexibility index (Phi) is 5.54. The highest BCUT2D eigenvalue weighted by Gasteiger charge is 2.38. The van der Waals surface area contributed by atoms with E-state index < -0.39 is 0 Å². The largest absolute Gasteiger partial charge is 0.378 e. The molecule has 0 aromatic carbocycles. The highest BCUT2D eigenvalue weighted by Crippen LogP contribution is 2.31. The van der Waals surface area contributed by atoms with Crippen LogP contribution < -0.4 is 10.6 Å². The Morgan fingerprint density at radius 1 is 1.19 bits per heavy atom. The van der Waals surface area contributed by atoms with E-state index in [1.807, 2.05) is 7.11 Å². The predicted octanol–water partition coefficient (Wildman–Crippen LogP) is 2.08. The summed E-state index contributed by atoms with van der Waals surface area (Å²) in [6.45, 7) is 3.74. The van der Waals surface area contributed by atoms with E-state index in [2.05, 4.69) is 10.6 Å². The van der Waals surface area contributed by atoms with Crippen LogP contribution in [0.3, 0.4) is 0 Å². The van der Waals surface area contributed by atoms with E-state index in [9.17, 15) is 0 Å². The van der Waals surface area contributed by atoms with Crippen molar-refractivity contribution in [2.45, 2.75) is 69.1 Å². The Balaban J connectivity index is 1.56. The van der Waals surface area contributed by atoms with Gasteiger partial charge in [-0.25, -0.2) is 0 Å². The quantitative estimate of drug-likeness (QED) is 0.815. The van der Waals surface area contributed by atoms with E-state index in [0.717, 1.165) is 38.1 Å². The summed E-state index contributed by atoms with van der Waals surface area (Å²) in [6, 6.07) is 1.39. The lowest BCUT2D eigenvalue weighted by Gasteiger charge is -2.41. The first-order valence-electron chi connectivity index (χ1n) is 8.93. The Hall–Kier alpha value is -0.160. The SMILES string of the molecule is COC1(CNC2CCCCC2C2CCCCN2)CCOC1. The minimum atomic E-state index is -0.0814. The van der Waals surface area contributed by atoms with Crippen molar-refractivity contribution in [1.82, 2.24) is 10.6 Å². The lowest BCUT2D eigenvalue weighted by Crippen LogP contribution is -2.54. The summed E-state index contributed by atoms with van der Waals surface area (Å²) in [6.07, 6.45) is 10.6. The van der Waals surface area contributed by atoms with Crippen molar-refractivity contribution in [3.8, 4) is 0 Å². The molecule has 3 aliphatic rings. The zero-order chi connectivity index (χ0) is 14.5. The van der Waals surface area contributed by atoms with Gasteiger partial charge >= 0.3 is 0 Å². The maximum Gasteiger partial charge on any atom is 0.106 e. The summed E-state index contributed by atoms with van der Waals surface area (Å²) in [5, 5.41) is 7.63. The molecule has 0 amide bonds. The van der Waals surface area contributed by atoms with E-state index in [4.69, 9.17) is 9.47 Å². The smallest absolute Gasteiger partial charge is 0.106 e. The molecule has 3 rings (SSSR count). The molecule has 0 radical (unpaired) electrons. The number of hydrogen-bond acceptors (Lipinski definition) is 4. The summed E-state index contributed by atoms with van der Waals surface area (Å²) in [5.41, 5.74) is -0.0814. The van der Waals surface area contributed by atoms with Gasteiger partial charge < -0.3 is 20.1 Å². The monoisotopic (exact) mass is 296 g/mol. The van der Waals surface area contributed by atoms with Crippen LogP contribution in [0.4, 0.5) is 0 Å². The van der Waals surface area contributed by atoms with Crippen molar-refractivity contribution in [3.05, 3.63) is 0 Å². The molecule has 0 aromatic heterocycles. The number of nitrogens with one attached hydrogen (secondary N) is 2. The van der Waals surface area contributed by atoms with Crippen molar-refractivity contribution in [2.24, 2.45) is 5.92 Å². The third-order valence-electron chi connectivity index (χ3n) is 5.87. The topological polar surface area (TPSA) is 42.5 Å². The van der Waals surface area contributed by atoms with Gasteiger partial charge in [-0.15, -0.1) is 0 Å². The fourth-order valence-electron chi connectivity index (χ4n) is 4.42. The molecule has 2 saturated heterocycles. The van der Waals surface area contributed by atoms with Crippen LogP contribution in [0, 0.1) is 5.92 Å². The molecule has 3 fully saturated rings. The fraction of sp³-hybridized carbons (Fsp3) is 1.00. The van der Waals surface area contributed by atoms with Gasteiger partial charge in [-0.3, -0.25) is 0 Å². The van der Waals surface area contributed by atoms with Gasteiger partial charge in [0.1, 0.15) is 5.60 Å².